The predicted molar refractivity (Wildman–Crippen MR) is 67.5 cm³/mol. The summed E-state index contributed by atoms with van der Waals surface area (Å²) in [4.78, 5) is 11.4. The van der Waals surface area contributed by atoms with E-state index in [0.29, 0.717) is 10.8 Å². The minimum Gasteiger partial charge on any atom is -0.453 e. The van der Waals surface area contributed by atoms with Gasteiger partial charge in [-0.3, -0.25) is 4.79 Å². The van der Waals surface area contributed by atoms with Crippen LogP contribution >= 0.6 is 23.2 Å². The van der Waals surface area contributed by atoms with E-state index >= 15 is 0 Å². The van der Waals surface area contributed by atoms with Crippen LogP contribution in [0.25, 0.3) is 0 Å². The zero-order valence-corrected chi connectivity index (χ0v) is 11.2. The van der Waals surface area contributed by atoms with E-state index in [2.05, 4.69) is 0 Å². The lowest BCUT2D eigenvalue weighted by molar-refractivity contribution is -0.164. The van der Waals surface area contributed by atoms with Crippen molar-refractivity contribution in [1.29, 1.82) is 0 Å². The minimum absolute atomic E-state index is 0.0705. The number of rotatable bonds is 5. The molecule has 0 aromatic heterocycles. The maximum atomic E-state index is 11.4. The summed E-state index contributed by atoms with van der Waals surface area (Å²) in [5, 5.41) is 0.610. The molecule has 94 valence electrons. The van der Waals surface area contributed by atoms with E-state index in [-0.39, 0.29) is 17.8 Å². The van der Waals surface area contributed by atoms with Gasteiger partial charge in [-0.05, 0) is 24.3 Å². The third kappa shape index (κ3) is 4.84. The Labute approximate surface area is 111 Å². The second-order valence-electron chi connectivity index (χ2n) is 3.75. The molecule has 0 bridgehead atoms. The number of ether oxygens (including phenoxy) is 2. The average molecular weight is 277 g/mol. The van der Waals surface area contributed by atoms with Gasteiger partial charge in [-0.1, -0.05) is 25.4 Å². The molecule has 0 aliphatic rings. The highest BCUT2D eigenvalue weighted by Crippen LogP contribution is 2.18. The fraction of sp³-hybridized carbons (Fsp3) is 0.417. The van der Waals surface area contributed by atoms with Crippen molar-refractivity contribution in [3.63, 3.8) is 0 Å². The third-order valence-corrected chi connectivity index (χ3v) is 2.43. The van der Waals surface area contributed by atoms with Crippen LogP contribution in [0, 0.1) is 5.92 Å². The molecule has 5 heteroatoms. The molecule has 0 radical (unpaired) electrons. The van der Waals surface area contributed by atoms with Gasteiger partial charge in [-0.15, -0.1) is 11.6 Å². The van der Waals surface area contributed by atoms with Crippen LogP contribution in [-0.2, 0) is 9.53 Å². The monoisotopic (exact) mass is 276 g/mol. The quantitative estimate of drug-likeness (QED) is 0.469. The molecule has 3 nitrogen and oxygen atoms in total. The topological polar surface area (TPSA) is 35.5 Å². The molecule has 0 aliphatic heterocycles. The first-order valence-electron chi connectivity index (χ1n) is 5.21. The van der Waals surface area contributed by atoms with Crippen molar-refractivity contribution in [2.75, 3.05) is 5.88 Å². The zero-order chi connectivity index (χ0) is 12.8. The highest BCUT2D eigenvalue weighted by Gasteiger charge is 2.17. The summed E-state index contributed by atoms with van der Waals surface area (Å²) < 4.78 is 10.5. The lowest BCUT2D eigenvalue weighted by atomic mass is 10.2. The lowest BCUT2D eigenvalue weighted by Crippen LogP contribution is -2.28. The Kier molecular flexibility index (Phi) is 5.59. The molecular weight excluding hydrogens is 263 g/mol. The molecule has 0 N–H and O–H groups in total. The summed E-state index contributed by atoms with van der Waals surface area (Å²) in [6.07, 6.45) is -0.784. The number of benzene rings is 1. The summed E-state index contributed by atoms with van der Waals surface area (Å²) in [6.45, 7) is 3.49. The maximum Gasteiger partial charge on any atom is 0.311 e. The average Bonchev–Trinajstić information content (AvgIpc) is 2.30. The molecule has 0 amide bonds. The fourth-order valence-electron chi connectivity index (χ4n) is 1.02. The first-order valence-corrected chi connectivity index (χ1v) is 6.13. The number of alkyl halides is 1. The molecule has 0 saturated heterocycles. The molecule has 1 rings (SSSR count). The highest BCUT2D eigenvalue weighted by molar-refractivity contribution is 6.30. The molecule has 0 aliphatic carbocycles. The smallest absolute Gasteiger partial charge is 0.311 e. The van der Waals surface area contributed by atoms with E-state index in [1.807, 2.05) is 0 Å². The predicted octanol–water partition coefficient (Wildman–Crippen LogP) is 3.48. The van der Waals surface area contributed by atoms with Gasteiger partial charge in [-0.25, -0.2) is 0 Å². The third-order valence-electron chi connectivity index (χ3n) is 1.93. The van der Waals surface area contributed by atoms with Crippen molar-refractivity contribution in [2.24, 2.45) is 5.92 Å². The highest BCUT2D eigenvalue weighted by atomic mass is 35.5. The zero-order valence-electron chi connectivity index (χ0n) is 9.65. The fourth-order valence-corrected chi connectivity index (χ4v) is 1.27. The SMILES string of the molecule is CC(C)C(=O)OC(CCl)Oc1ccc(Cl)cc1. The molecule has 1 aromatic rings. The Morgan fingerprint density at radius 2 is 1.88 bits per heavy atom. The Morgan fingerprint density at radius 3 is 2.35 bits per heavy atom. The van der Waals surface area contributed by atoms with Crippen molar-refractivity contribution in [1.82, 2.24) is 0 Å². The maximum absolute atomic E-state index is 11.4. The van der Waals surface area contributed by atoms with E-state index in [0.717, 1.165) is 0 Å². The Morgan fingerprint density at radius 1 is 1.29 bits per heavy atom. The van der Waals surface area contributed by atoms with Crippen LogP contribution in [0.2, 0.25) is 5.02 Å². The van der Waals surface area contributed by atoms with Crippen molar-refractivity contribution >= 4 is 29.2 Å². The van der Waals surface area contributed by atoms with Crippen LogP contribution in [0.1, 0.15) is 13.8 Å². The molecule has 0 saturated carbocycles. The van der Waals surface area contributed by atoms with Gasteiger partial charge in [0.2, 0.25) is 0 Å². The number of hydrogen-bond donors (Lipinski definition) is 0. The van der Waals surface area contributed by atoms with Crippen LogP contribution < -0.4 is 4.74 Å². The molecule has 1 unspecified atom stereocenters. The van der Waals surface area contributed by atoms with Gasteiger partial charge in [0.05, 0.1) is 11.8 Å². The van der Waals surface area contributed by atoms with Crippen molar-refractivity contribution < 1.29 is 14.3 Å². The van der Waals surface area contributed by atoms with Crippen LogP contribution in [0.4, 0.5) is 0 Å². The number of esters is 1. The standard InChI is InChI=1S/C12H14Cl2O3/c1-8(2)12(15)17-11(7-13)16-10-5-3-9(14)4-6-10/h3-6,8,11H,7H2,1-2H3. The molecule has 0 spiro atoms. The van der Waals surface area contributed by atoms with Gasteiger partial charge >= 0.3 is 5.97 Å². The van der Waals surface area contributed by atoms with Crippen LogP contribution in [0.15, 0.2) is 24.3 Å². The van der Waals surface area contributed by atoms with Crippen molar-refractivity contribution in [2.45, 2.75) is 20.1 Å². The van der Waals surface area contributed by atoms with Gasteiger partial charge in [0.25, 0.3) is 6.29 Å². The lowest BCUT2D eigenvalue weighted by Gasteiger charge is -2.18. The number of carbonyl (C=O) groups excluding carboxylic acids is 1. The van der Waals surface area contributed by atoms with Crippen LogP contribution in [-0.4, -0.2) is 18.1 Å². The summed E-state index contributed by atoms with van der Waals surface area (Å²) in [5.41, 5.74) is 0. The van der Waals surface area contributed by atoms with Crippen LogP contribution in [0.5, 0.6) is 5.75 Å². The first-order chi connectivity index (χ1) is 8.02. The molecule has 0 heterocycles. The van der Waals surface area contributed by atoms with Crippen molar-refractivity contribution in [3.05, 3.63) is 29.3 Å². The molecule has 17 heavy (non-hydrogen) atoms. The minimum atomic E-state index is -0.784. The number of carbonyl (C=O) groups is 1. The van der Waals surface area contributed by atoms with E-state index in [4.69, 9.17) is 32.7 Å². The Bertz CT molecular complexity index is 363. The normalized spacial score (nSPS) is 12.3. The molecule has 1 atom stereocenters. The van der Waals surface area contributed by atoms with E-state index < -0.39 is 6.29 Å². The Balaban J connectivity index is 2.57. The summed E-state index contributed by atoms with van der Waals surface area (Å²) in [6, 6.07) is 6.75. The van der Waals surface area contributed by atoms with Crippen molar-refractivity contribution in [3.8, 4) is 5.75 Å². The van der Waals surface area contributed by atoms with Gasteiger partial charge in [0, 0.05) is 5.02 Å². The number of hydrogen-bond acceptors (Lipinski definition) is 3. The first kappa shape index (κ1) is 14.1. The number of halogens is 2. The van der Waals surface area contributed by atoms with Gasteiger partial charge in [0.1, 0.15) is 5.75 Å². The second-order valence-corrected chi connectivity index (χ2v) is 4.49. The summed E-state index contributed by atoms with van der Waals surface area (Å²) >= 11 is 11.4. The van der Waals surface area contributed by atoms with E-state index in [1.165, 1.54) is 0 Å². The van der Waals surface area contributed by atoms with E-state index in [9.17, 15) is 4.79 Å². The van der Waals surface area contributed by atoms with Gasteiger partial charge in [0.15, 0.2) is 0 Å². The second kappa shape index (κ2) is 6.72. The molecule has 1 aromatic carbocycles. The Hall–Kier alpha value is -0.930. The summed E-state index contributed by atoms with van der Waals surface area (Å²) in [5.74, 6) is 0.0666. The van der Waals surface area contributed by atoms with Gasteiger partial charge in [-0.2, -0.15) is 0 Å². The summed E-state index contributed by atoms with van der Waals surface area (Å²) in [7, 11) is 0. The molecular formula is C12H14Cl2O3. The van der Waals surface area contributed by atoms with Gasteiger partial charge < -0.3 is 9.47 Å². The van der Waals surface area contributed by atoms with Crippen LogP contribution in [0.3, 0.4) is 0 Å². The molecule has 0 fully saturated rings. The largest absolute Gasteiger partial charge is 0.453 e. The van der Waals surface area contributed by atoms with E-state index in [1.54, 1.807) is 38.1 Å².